The van der Waals surface area contributed by atoms with E-state index in [9.17, 15) is 0 Å². The van der Waals surface area contributed by atoms with E-state index in [0.717, 1.165) is 79.6 Å². The number of aromatic nitrogens is 2. The Morgan fingerprint density at radius 1 is 0.400 bits per heavy atom. The highest BCUT2D eigenvalue weighted by atomic mass is 15.3. The number of fused-ring (bicyclic) bond motifs is 6. The predicted octanol–water partition coefficient (Wildman–Crippen LogP) is 15.0. The van der Waals surface area contributed by atoms with Crippen LogP contribution in [0.4, 0.5) is 68.4 Å². The minimum Gasteiger partial charge on any atom is -0.311 e. The molecule has 0 spiro atoms. The van der Waals surface area contributed by atoms with E-state index < -0.39 is 0 Å². The first kappa shape index (κ1) is 43.0. The van der Waals surface area contributed by atoms with E-state index in [1.54, 1.807) is 0 Å². The van der Waals surface area contributed by atoms with Crippen LogP contribution in [0.3, 0.4) is 0 Å². The summed E-state index contributed by atoms with van der Waals surface area (Å²) < 4.78 is 2.27. The second-order valence-corrected chi connectivity index (χ2v) is 20.6. The van der Waals surface area contributed by atoms with Crippen molar-refractivity contribution in [3.63, 3.8) is 0 Å². The number of hydrogen-bond donors (Lipinski definition) is 0. The molecule has 0 saturated heterocycles. The lowest BCUT2D eigenvalue weighted by molar-refractivity contribution is 0.590. The van der Waals surface area contributed by atoms with Gasteiger partial charge in [-0.05, 0) is 142 Å². The first-order valence-electron chi connectivity index (χ1n) is 24.4. The first-order chi connectivity index (χ1) is 34.0. The van der Waals surface area contributed by atoms with Crippen molar-refractivity contribution < 1.29 is 0 Å². The average Bonchev–Trinajstić information content (AvgIpc) is 3.76. The minimum atomic E-state index is -0.189. The standard InChI is InChI=1S/C63H55BN6/c1-62(2,3)44-30-34-50(35-31-44)67(51-36-32-45(33-37-51)63(4,5)6)52-38-39-54-55(41-52)69(48-25-15-9-16-26-48)56-42-53(68(46-21-11-7-12-22-46)47-23-13-8-14-24-47)43-57-59(56)64(54)60-61(66-40-20-19-29-58(66)65-60)70(57)49-27-17-10-18-28-49/h7-43H,1-6H3. The van der Waals surface area contributed by atoms with Gasteiger partial charge in [0.1, 0.15) is 11.5 Å². The van der Waals surface area contributed by atoms with Gasteiger partial charge in [-0.15, -0.1) is 0 Å². The monoisotopic (exact) mass is 906 g/mol. The van der Waals surface area contributed by atoms with Gasteiger partial charge in [-0.1, -0.05) is 151 Å². The SMILES string of the molecule is CC(C)(C)c1ccc(N(c2ccc(C(C)(C)C)cc2)c2ccc3c(c2)N(c2ccccc2)c2cc(N(c4ccccc4)c4ccccc4)cc4c2B3c2nc3ccccn3c2N4c2ccccc2)cc1. The molecular formula is C63H55BN6. The summed E-state index contributed by atoms with van der Waals surface area (Å²) in [6.45, 7) is 13.5. The number of anilines is 12. The van der Waals surface area contributed by atoms with Crippen molar-refractivity contribution in [1.29, 1.82) is 0 Å². The van der Waals surface area contributed by atoms with Crippen LogP contribution < -0.4 is 36.1 Å². The molecule has 2 aromatic heterocycles. The maximum Gasteiger partial charge on any atom is 0.277 e. The van der Waals surface area contributed by atoms with Gasteiger partial charge < -0.3 is 14.7 Å². The molecule has 6 nitrogen and oxygen atoms in total. The molecule has 7 heteroatoms. The number of imidazole rings is 1. The molecule has 70 heavy (non-hydrogen) atoms. The Bertz CT molecular complexity index is 3410. The maximum absolute atomic E-state index is 5.60. The quantitative estimate of drug-likeness (QED) is 0.142. The third-order valence-electron chi connectivity index (χ3n) is 14.0. The lowest BCUT2D eigenvalue weighted by Gasteiger charge is -2.44. The minimum absolute atomic E-state index is 0.0221. The zero-order valence-electron chi connectivity index (χ0n) is 40.6. The number of nitrogens with zero attached hydrogens (tertiary/aromatic N) is 6. The fourth-order valence-corrected chi connectivity index (χ4v) is 10.6. The zero-order valence-corrected chi connectivity index (χ0v) is 40.6. The Labute approximate surface area is 412 Å². The topological polar surface area (TPSA) is 30.3 Å². The van der Waals surface area contributed by atoms with Gasteiger partial charge in [0.25, 0.3) is 6.71 Å². The highest BCUT2D eigenvalue weighted by Gasteiger charge is 2.47. The van der Waals surface area contributed by atoms with E-state index in [0.29, 0.717) is 0 Å². The summed E-state index contributed by atoms with van der Waals surface area (Å²) >= 11 is 0. The molecule has 0 unspecified atom stereocenters. The molecule has 8 aromatic carbocycles. The van der Waals surface area contributed by atoms with E-state index >= 15 is 0 Å². The highest BCUT2D eigenvalue weighted by Crippen LogP contribution is 2.49. The van der Waals surface area contributed by atoms with Gasteiger partial charge in [0, 0.05) is 63.1 Å². The molecule has 0 radical (unpaired) electrons. The third kappa shape index (κ3) is 7.32. The highest BCUT2D eigenvalue weighted by molar-refractivity contribution is 7.00. The molecule has 340 valence electrons. The van der Waals surface area contributed by atoms with Crippen LogP contribution >= 0.6 is 0 Å². The fourth-order valence-electron chi connectivity index (χ4n) is 10.6. The average molecular weight is 907 g/mol. The maximum atomic E-state index is 5.60. The van der Waals surface area contributed by atoms with Crippen LogP contribution in [0.2, 0.25) is 0 Å². The van der Waals surface area contributed by atoms with E-state index in [4.69, 9.17) is 4.98 Å². The van der Waals surface area contributed by atoms with Crippen LogP contribution in [0.25, 0.3) is 5.65 Å². The van der Waals surface area contributed by atoms with Crippen LogP contribution in [-0.4, -0.2) is 16.1 Å². The van der Waals surface area contributed by atoms with E-state index in [2.05, 4.69) is 290 Å². The van der Waals surface area contributed by atoms with Gasteiger partial charge in [0.05, 0.1) is 11.3 Å². The predicted molar refractivity (Wildman–Crippen MR) is 296 cm³/mol. The van der Waals surface area contributed by atoms with Crippen LogP contribution in [0.5, 0.6) is 0 Å². The van der Waals surface area contributed by atoms with Crippen molar-refractivity contribution >= 4 is 97.3 Å². The molecule has 0 bridgehead atoms. The summed E-state index contributed by atoms with van der Waals surface area (Å²) in [6.07, 6.45) is 2.16. The van der Waals surface area contributed by atoms with Crippen molar-refractivity contribution in [2.45, 2.75) is 52.4 Å². The Morgan fingerprint density at radius 2 is 0.829 bits per heavy atom. The lowest BCUT2D eigenvalue weighted by atomic mass is 9.35. The second kappa shape index (κ2) is 16.7. The summed E-state index contributed by atoms with van der Waals surface area (Å²) in [5.74, 6) is 1.04. The third-order valence-corrected chi connectivity index (χ3v) is 14.0. The molecular weight excluding hydrogens is 852 g/mol. The number of para-hydroxylation sites is 4. The van der Waals surface area contributed by atoms with Crippen LogP contribution in [0, 0.1) is 0 Å². The molecule has 12 rings (SSSR count). The van der Waals surface area contributed by atoms with Gasteiger partial charge in [-0.3, -0.25) is 9.30 Å². The van der Waals surface area contributed by atoms with Crippen LogP contribution in [-0.2, 0) is 10.8 Å². The Hall–Kier alpha value is -8.29. The van der Waals surface area contributed by atoms with Crippen LogP contribution in [0.1, 0.15) is 52.7 Å². The molecule has 10 aromatic rings. The van der Waals surface area contributed by atoms with Gasteiger partial charge in [-0.25, -0.2) is 4.98 Å². The van der Waals surface area contributed by atoms with E-state index in [1.165, 1.54) is 22.1 Å². The molecule has 0 amide bonds. The number of hydrogen-bond acceptors (Lipinski definition) is 5. The smallest absolute Gasteiger partial charge is 0.277 e. The normalized spacial score (nSPS) is 12.9. The van der Waals surface area contributed by atoms with Gasteiger partial charge >= 0.3 is 0 Å². The molecule has 0 atom stereocenters. The number of benzene rings is 8. The molecule has 4 heterocycles. The molecule has 0 saturated carbocycles. The van der Waals surface area contributed by atoms with Crippen molar-refractivity contribution in [3.8, 4) is 0 Å². The molecule has 0 N–H and O–H groups in total. The van der Waals surface area contributed by atoms with Crippen molar-refractivity contribution in [2.24, 2.45) is 0 Å². The Balaban J connectivity index is 1.16. The summed E-state index contributed by atoms with van der Waals surface area (Å²) in [5.41, 5.74) is 18.9. The Kier molecular flexibility index (Phi) is 10.3. The van der Waals surface area contributed by atoms with Crippen molar-refractivity contribution in [1.82, 2.24) is 9.38 Å². The summed E-state index contributed by atoms with van der Waals surface area (Å²) in [7, 11) is 0. The molecule has 2 aliphatic rings. The molecule has 0 fully saturated rings. The number of rotatable bonds is 8. The second-order valence-electron chi connectivity index (χ2n) is 20.6. The zero-order chi connectivity index (χ0) is 47.7. The first-order valence-corrected chi connectivity index (χ1v) is 24.4. The fraction of sp³-hybridized carbons (Fsp3) is 0.127. The number of pyridine rings is 1. The van der Waals surface area contributed by atoms with Gasteiger partial charge in [0.2, 0.25) is 0 Å². The van der Waals surface area contributed by atoms with Crippen molar-refractivity contribution in [3.05, 3.63) is 236 Å². The van der Waals surface area contributed by atoms with E-state index in [-0.39, 0.29) is 17.5 Å². The summed E-state index contributed by atoms with van der Waals surface area (Å²) in [6, 6.07) is 79.7. The van der Waals surface area contributed by atoms with Gasteiger partial charge in [0.15, 0.2) is 0 Å². The molecule has 0 aliphatic carbocycles. The van der Waals surface area contributed by atoms with E-state index in [1.807, 2.05) is 0 Å². The molecule has 2 aliphatic heterocycles. The largest absolute Gasteiger partial charge is 0.311 e. The van der Waals surface area contributed by atoms with Crippen molar-refractivity contribution in [2.75, 3.05) is 19.6 Å². The van der Waals surface area contributed by atoms with Gasteiger partial charge in [-0.2, -0.15) is 0 Å². The summed E-state index contributed by atoms with van der Waals surface area (Å²) in [4.78, 5) is 15.3. The van der Waals surface area contributed by atoms with Crippen LogP contribution in [0.15, 0.2) is 225 Å². The Morgan fingerprint density at radius 3 is 1.36 bits per heavy atom. The summed E-state index contributed by atoms with van der Waals surface area (Å²) in [5, 5.41) is 0. The lowest BCUT2D eigenvalue weighted by Crippen LogP contribution is -2.62.